The summed E-state index contributed by atoms with van der Waals surface area (Å²) >= 11 is 0. The Bertz CT molecular complexity index is 438. The highest BCUT2D eigenvalue weighted by Crippen LogP contribution is 2.29. The molecule has 1 aliphatic rings. The van der Waals surface area contributed by atoms with Crippen molar-refractivity contribution in [2.24, 2.45) is 11.8 Å². The molecule has 1 heterocycles. The highest BCUT2D eigenvalue weighted by atomic mass is 16.4. The van der Waals surface area contributed by atoms with Crippen LogP contribution in [0, 0.1) is 11.8 Å². The largest absolute Gasteiger partial charge is 0.481 e. The van der Waals surface area contributed by atoms with Crippen molar-refractivity contribution in [1.82, 2.24) is 4.90 Å². The predicted molar refractivity (Wildman–Crippen MR) is 72.7 cm³/mol. The number of likely N-dealkylation sites (tertiary alicyclic amines) is 1. The molecule has 2 atom stereocenters. The highest BCUT2D eigenvalue weighted by molar-refractivity contribution is 5.70. The van der Waals surface area contributed by atoms with E-state index in [0.29, 0.717) is 6.54 Å². The van der Waals surface area contributed by atoms with Crippen molar-refractivity contribution in [3.63, 3.8) is 0 Å². The average molecular weight is 263 g/mol. The fourth-order valence-electron chi connectivity index (χ4n) is 2.58. The van der Waals surface area contributed by atoms with E-state index in [1.807, 2.05) is 30.3 Å². The van der Waals surface area contributed by atoms with Crippen LogP contribution in [0.3, 0.4) is 0 Å². The zero-order chi connectivity index (χ0) is 14.0. The first-order chi connectivity index (χ1) is 8.90. The molecule has 2 N–H and O–H groups in total. The van der Waals surface area contributed by atoms with Crippen LogP contribution in [0.25, 0.3) is 0 Å². The number of hydrogen-bond donors (Lipinski definition) is 2. The zero-order valence-electron chi connectivity index (χ0n) is 11.4. The topological polar surface area (TPSA) is 60.8 Å². The molecule has 104 valence electrons. The van der Waals surface area contributed by atoms with Crippen molar-refractivity contribution in [3.05, 3.63) is 35.9 Å². The van der Waals surface area contributed by atoms with Gasteiger partial charge in [-0.2, -0.15) is 0 Å². The quantitative estimate of drug-likeness (QED) is 0.846. The maximum atomic E-state index is 10.9. The third kappa shape index (κ3) is 3.14. The number of aliphatic carboxylic acids is 1. The summed E-state index contributed by atoms with van der Waals surface area (Å²) in [4.78, 5) is 13.0. The Kier molecular flexibility index (Phi) is 3.92. The molecule has 0 radical (unpaired) electrons. The van der Waals surface area contributed by atoms with Crippen molar-refractivity contribution in [3.8, 4) is 0 Å². The Morgan fingerprint density at radius 1 is 1.42 bits per heavy atom. The lowest BCUT2D eigenvalue weighted by atomic mass is 9.85. The van der Waals surface area contributed by atoms with Crippen LogP contribution >= 0.6 is 0 Å². The standard InChI is InChI=1S/C15H21NO3/c1-11(14(17)18)12-8-16(9-12)10-15(2,19)13-6-4-3-5-7-13/h3-7,11-12,19H,8-10H2,1-2H3,(H,17,18). The normalized spacial score (nSPS) is 21.4. The molecular formula is C15H21NO3. The molecule has 1 aliphatic heterocycles. The summed E-state index contributed by atoms with van der Waals surface area (Å²) in [7, 11) is 0. The average Bonchev–Trinajstić information content (AvgIpc) is 2.33. The van der Waals surface area contributed by atoms with Gasteiger partial charge >= 0.3 is 5.97 Å². The van der Waals surface area contributed by atoms with E-state index >= 15 is 0 Å². The molecule has 1 aromatic carbocycles. The van der Waals surface area contributed by atoms with Gasteiger partial charge in [-0.25, -0.2) is 0 Å². The molecule has 4 nitrogen and oxygen atoms in total. The van der Waals surface area contributed by atoms with Crippen molar-refractivity contribution in [1.29, 1.82) is 0 Å². The van der Waals surface area contributed by atoms with Crippen molar-refractivity contribution in [2.45, 2.75) is 19.4 Å². The predicted octanol–water partition coefficient (Wildman–Crippen LogP) is 1.55. The van der Waals surface area contributed by atoms with E-state index in [9.17, 15) is 9.90 Å². The number of nitrogens with zero attached hydrogens (tertiary/aromatic N) is 1. The molecule has 0 saturated carbocycles. The minimum atomic E-state index is -0.890. The van der Waals surface area contributed by atoms with Gasteiger partial charge in [-0.1, -0.05) is 37.3 Å². The lowest BCUT2D eigenvalue weighted by Gasteiger charge is -2.44. The smallest absolute Gasteiger partial charge is 0.306 e. The fraction of sp³-hybridized carbons (Fsp3) is 0.533. The number of rotatable bonds is 5. The molecule has 1 saturated heterocycles. The van der Waals surface area contributed by atoms with Gasteiger partial charge < -0.3 is 10.2 Å². The Balaban J connectivity index is 1.89. The number of carboxylic acid groups (broad SMARTS) is 1. The van der Waals surface area contributed by atoms with E-state index < -0.39 is 11.6 Å². The lowest BCUT2D eigenvalue weighted by Crippen LogP contribution is -2.54. The second kappa shape index (κ2) is 5.31. The molecule has 1 fully saturated rings. The minimum absolute atomic E-state index is 0.198. The van der Waals surface area contributed by atoms with Crippen LogP contribution in [0.15, 0.2) is 30.3 Å². The Morgan fingerprint density at radius 2 is 2.00 bits per heavy atom. The summed E-state index contributed by atoms with van der Waals surface area (Å²) in [5.74, 6) is -0.846. The number of carboxylic acids is 1. The van der Waals surface area contributed by atoms with Gasteiger partial charge in [-0.05, 0) is 18.4 Å². The van der Waals surface area contributed by atoms with Crippen LogP contribution in [0.4, 0.5) is 0 Å². The van der Waals surface area contributed by atoms with Crippen LogP contribution in [0.1, 0.15) is 19.4 Å². The maximum absolute atomic E-state index is 10.9. The van der Waals surface area contributed by atoms with Crippen LogP contribution in [-0.2, 0) is 10.4 Å². The summed E-state index contributed by atoms with van der Waals surface area (Å²) in [5, 5.41) is 19.4. The summed E-state index contributed by atoms with van der Waals surface area (Å²) in [6.07, 6.45) is 0. The maximum Gasteiger partial charge on any atom is 0.306 e. The molecule has 0 aromatic heterocycles. The number of carbonyl (C=O) groups is 1. The first-order valence-electron chi connectivity index (χ1n) is 6.63. The van der Waals surface area contributed by atoms with Crippen LogP contribution in [-0.4, -0.2) is 40.7 Å². The molecule has 0 bridgehead atoms. The highest BCUT2D eigenvalue weighted by Gasteiger charge is 2.38. The van der Waals surface area contributed by atoms with Crippen molar-refractivity contribution >= 4 is 5.97 Å². The van der Waals surface area contributed by atoms with Crippen LogP contribution < -0.4 is 0 Å². The second-order valence-electron chi connectivity index (χ2n) is 5.72. The Hall–Kier alpha value is -1.39. The van der Waals surface area contributed by atoms with Gasteiger partial charge in [-0.15, -0.1) is 0 Å². The number of β-amino-alcohol motifs (C(OH)–C–C–N with tert-alkyl or cyclic N) is 1. The first-order valence-corrected chi connectivity index (χ1v) is 6.63. The summed E-state index contributed by atoms with van der Waals surface area (Å²) in [6.45, 7) is 5.59. The summed E-state index contributed by atoms with van der Waals surface area (Å²) in [5.41, 5.74) is 0.00308. The van der Waals surface area contributed by atoms with Gasteiger partial charge in [0.2, 0.25) is 0 Å². The molecule has 2 rings (SSSR count). The van der Waals surface area contributed by atoms with Gasteiger partial charge in [0.25, 0.3) is 0 Å². The van der Waals surface area contributed by atoms with Gasteiger partial charge in [0.1, 0.15) is 0 Å². The molecule has 1 aromatic rings. The molecule has 0 aliphatic carbocycles. The Morgan fingerprint density at radius 3 is 2.53 bits per heavy atom. The van der Waals surface area contributed by atoms with Gasteiger partial charge in [0, 0.05) is 19.6 Å². The van der Waals surface area contributed by atoms with Gasteiger partial charge in [0.15, 0.2) is 0 Å². The van der Waals surface area contributed by atoms with Crippen molar-refractivity contribution < 1.29 is 15.0 Å². The zero-order valence-corrected chi connectivity index (χ0v) is 11.4. The van der Waals surface area contributed by atoms with Crippen LogP contribution in [0.2, 0.25) is 0 Å². The van der Waals surface area contributed by atoms with Crippen LogP contribution in [0.5, 0.6) is 0 Å². The van der Waals surface area contributed by atoms with Gasteiger partial charge in [-0.3, -0.25) is 9.69 Å². The monoisotopic (exact) mass is 263 g/mol. The number of hydrogen-bond acceptors (Lipinski definition) is 3. The van der Waals surface area contributed by atoms with E-state index in [4.69, 9.17) is 5.11 Å². The number of aliphatic hydroxyl groups is 1. The van der Waals surface area contributed by atoms with E-state index in [0.717, 1.165) is 18.7 Å². The molecular weight excluding hydrogens is 242 g/mol. The van der Waals surface area contributed by atoms with E-state index in [-0.39, 0.29) is 11.8 Å². The van der Waals surface area contributed by atoms with E-state index in [1.165, 1.54) is 0 Å². The fourth-order valence-corrected chi connectivity index (χ4v) is 2.58. The third-order valence-electron chi connectivity index (χ3n) is 4.01. The summed E-state index contributed by atoms with van der Waals surface area (Å²) in [6, 6.07) is 9.58. The lowest BCUT2D eigenvalue weighted by molar-refractivity contribution is -0.146. The number of benzene rings is 1. The van der Waals surface area contributed by atoms with Gasteiger partial charge in [0.05, 0.1) is 11.5 Å². The third-order valence-corrected chi connectivity index (χ3v) is 4.01. The Labute approximate surface area is 113 Å². The molecule has 2 unspecified atom stereocenters. The SMILES string of the molecule is CC(C(=O)O)C1CN(CC(C)(O)c2ccccc2)C1. The second-order valence-corrected chi connectivity index (χ2v) is 5.72. The molecule has 0 amide bonds. The summed E-state index contributed by atoms with van der Waals surface area (Å²) < 4.78 is 0. The molecule has 19 heavy (non-hydrogen) atoms. The first kappa shape index (κ1) is 14.0. The van der Waals surface area contributed by atoms with Crippen molar-refractivity contribution in [2.75, 3.05) is 19.6 Å². The molecule has 0 spiro atoms. The van der Waals surface area contributed by atoms with E-state index in [1.54, 1.807) is 13.8 Å². The molecule has 4 heteroatoms. The minimum Gasteiger partial charge on any atom is -0.481 e. The van der Waals surface area contributed by atoms with E-state index in [2.05, 4.69) is 4.90 Å².